The van der Waals surface area contributed by atoms with Crippen molar-refractivity contribution < 1.29 is 4.79 Å². The highest BCUT2D eigenvalue weighted by Crippen LogP contribution is 2.26. The Morgan fingerprint density at radius 1 is 1.22 bits per heavy atom. The molecule has 1 aliphatic carbocycles. The zero-order valence-electron chi connectivity index (χ0n) is 11.7. The number of Topliss-reactive ketones (excluding diaryl/α,β-unsaturated/α-hetero) is 1. The Morgan fingerprint density at radius 3 is 2.56 bits per heavy atom. The van der Waals surface area contributed by atoms with Crippen LogP contribution in [0.5, 0.6) is 0 Å². The fraction of sp³-hybridized carbons (Fsp3) is 0.562. The number of carbonyl (C=O) groups is 1. The number of carbonyl (C=O) groups excluding carboxylic acids is 1. The predicted molar refractivity (Wildman–Crippen MR) is 75.1 cm³/mol. The standard InChI is InChI=1S/C16H23NO/c1-16(2,11-17-3)15(18)14-9-8-12-6-4-5-7-13(12)10-14/h8-10,17H,4-7,11H2,1-3H3. The molecule has 0 unspecified atom stereocenters. The smallest absolute Gasteiger partial charge is 0.169 e. The van der Waals surface area contributed by atoms with Crippen molar-refractivity contribution >= 4 is 5.78 Å². The number of hydrogen-bond donors (Lipinski definition) is 1. The highest BCUT2D eigenvalue weighted by atomic mass is 16.1. The fourth-order valence-corrected chi connectivity index (χ4v) is 2.79. The summed E-state index contributed by atoms with van der Waals surface area (Å²) in [6, 6.07) is 6.27. The topological polar surface area (TPSA) is 29.1 Å². The Bertz CT molecular complexity index is 448. The molecule has 1 aromatic carbocycles. The molecule has 0 atom stereocenters. The van der Waals surface area contributed by atoms with Crippen LogP contribution >= 0.6 is 0 Å². The highest BCUT2D eigenvalue weighted by Gasteiger charge is 2.28. The van der Waals surface area contributed by atoms with E-state index in [1.165, 1.54) is 30.4 Å². The van der Waals surface area contributed by atoms with E-state index in [4.69, 9.17) is 0 Å². The van der Waals surface area contributed by atoms with Gasteiger partial charge in [0.2, 0.25) is 0 Å². The van der Waals surface area contributed by atoms with Gasteiger partial charge in [0.1, 0.15) is 0 Å². The van der Waals surface area contributed by atoms with Crippen LogP contribution in [0.15, 0.2) is 18.2 Å². The molecule has 0 bridgehead atoms. The van der Waals surface area contributed by atoms with E-state index < -0.39 is 0 Å². The lowest BCUT2D eigenvalue weighted by molar-refractivity contribution is 0.0839. The largest absolute Gasteiger partial charge is 0.319 e. The van der Waals surface area contributed by atoms with Gasteiger partial charge < -0.3 is 5.32 Å². The van der Waals surface area contributed by atoms with Crippen molar-refractivity contribution in [1.29, 1.82) is 0 Å². The Morgan fingerprint density at radius 2 is 1.89 bits per heavy atom. The lowest BCUT2D eigenvalue weighted by Crippen LogP contribution is -2.34. The number of hydrogen-bond acceptors (Lipinski definition) is 2. The summed E-state index contributed by atoms with van der Waals surface area (Å²) >= 11 is 0. The summed E-state index contributed by atoms with van der Waals surface area (Å²) < 4.78 is 0. The van der Waals surface area contributed by atoms with Gasteiger partial charge >= 0.3 is 0 Å². The minimum atomic E-state index is -0.336. The maximum atomic E-state index is 12.5. The van der Waals surface area contributed by atoms with Gasteiger partial charge in [-0.25, -0.2) is 0 Å². The molecule has 0 radical (unpaired) electrons. The van der Waals surface area contributed by atoms with Crippen LogP contribution in [0.2, 0.25) is 0 Å². The molecule has 18 heavy (non-hydrogen) atoms. The van der Waals surface area contributed by atoms with Gasteiger partial charge in [-0.1, -0.05) is 26.0 Å². The molecule has 0 fully saturated rings. The third kappa shape index (κ3) is 2.64. The summed E-state index contributed by atoms with van der Waals surface area (Å²) in [5.41, 5.74) is 3.35. The van der Waals surface area contributed by atoms with Crippen LogP contribution in [0.25, 0.3) is 0 Å². The fourth-order valence-electron chi connectivity index (χ4n) is 2.79. The number of ketones is 1. The van der Waals surface area contributed by atoms with Gasteiger partial charge in [0.15, 0.2) is 5.78 Å². The van der Waals surface area contributed by atoms with E-state index in [9.17, 15) is 4.79 Å². The first-order valence-electron chi connectivity index (χ1n) is 6.86. The normalized spacial score (nSPS) is 15.3. The molecule has 2 rings (SSSR count). The molecule has 0 spiro atoms. The average Bonchev–Trinajstić information content (AvgIpc) is 2.37. The summed E-state index contributed by atoms with van der Waals surface area (Å²) in [7, 11) is 1.89. The van der Waals surface area contributed by atoms with Gasteiger partial charge in [-0.05, 0) is 49.9 Å². The Labute approximate surface area is 110 Å². The Kier molecular flexibility index (Phi) is 3.86. The molecular formula is C16H23NO. The molecule has 2 nitrogen and oxygen atoms in total. The Balaban J connectivity index is 2.26. The molecule has 2 heteroatoms. The first kappa shape index (κ1) is 13.3. The second kappa shape index (κ2) is 5.23. The van der Waals surface area contributed by atoms with Crippen molar-refractivity contribution in [2.75, 3.05) is 13.6 Å². The SMILES string of the molecule is CNCC(C)(C)C(=O)c1ccc2c(c1)CCCC2. The summed E-state index contributed by atoms with van der Waals surface area (Å²) in [5.74, 6) is 0.241. The van der Waals surface area contributed by atoms with Gasteiger partial charge in [-0.15, -0.1) is 0 Å². The number of nitrogens with one attached hydrogen (secondary N) is 1. The van der Waals surface area contributed by atoms with Crippen LogP contribution in [-0.4, -0.2) is 19.4 Å². The maximum Gasteiger partial charge on any atom is 0.169 e. The zero-order valence-corrected chi connectivity index (χ0v) is 11.7. The van der Waals surface area contributed by atoms with Crippen molar-refractivity contribution in [3.8, 4) is 0 Å². The second-order valence-electron chi connectivity index (χ2n) is 5.93. The van der Waals surface area contributed by atoms with Crippen LogP contribution in [0.4, 0.5) is 0 Å². The van der Waals surface area contributed by atoms with Crippen LogP contribution < -0.4 is 5.32 Å². The van der Waals surface area contributed by atoms with Gasteiger partial charge in [0, 0.05) is 17.5 Å². The molecule has 0 aliphatic heterocycles. The third-order valence-corrected chi connectivity index (χ3v) is 3.84. The average molecular weight is 245 g/mol. The molecule has 0 saturated heterocycles. The maximum absolute atomic E-state index is 12.5. The van der Waals surface area contributed by atoms with Crippen LogP contribution in [0.1, 0.15) is 48.2 Å². The van der Waals surface area contributed by atoms with Crippen molar-refractivity contribution in [3.63, 3.8) is 0 Å². The number of fused-ring (bicyclic) bond motifs is 1. The summed E-state index contributed by atoms with van der Waals surface area (Å²) in [6.07, 6.45) is 4.84. The molecule has 0 amide bonds. The molecule has 0 saturated carbocycles. The second-order valence-corrected chi connectivity index (χ2v) is 5.93. The molecule has 1 N–H and O–H groups in total. The minimum absolute atomic E-state index is 0.241. The third-order valence-electron chi connectivity index (χ3n) is 3.84. The Hall–Kier alpha value is -1.15. The van der Waals surface area contributed by atoms with E-state index in [1.807, 2.05) is 27.0 Å². The molecular weight excluding hydrogens is 222 g/mol. The van der Waals surface area contributed by atoms with Crippen LogP contribution in [-0.2, 0) is 12.8 Å². The highest BCUT2D eigenvalue weighted by molar-refractivity contribution is 6.00. The minimum Gasteiger partial charge on any atom is -0.319 e. The van der Waals surface area contributed by atoms with Crippen LogP contribution in [0, 0.1) is 5.41 Å². The predicted octanol–water partition coefficient (Wildman–Crippen LogP) is 2.99. The summed E-state index contributed by atoms with van der Waals surface area (Å²) in [5, 5.41) is 3.10. The lowest BCUT2D eigenvalue weighted by atomic mass is 9.82. The molecule has 0 aromatic heterocycles. The van der Waals surface area contributed by atoms with E-state index >= 15 is 0 Å². The van der Waals surface area contributed by atoms with Crippen LogP contribution in [0.3, 0.4) is 0 Å². The van der Waals surface area contributed by atoms with E-state index in [2.05, 4.69) is 17.4 Å². The van der Waals surface area contributed by atoms with Gasteiger partial charge in [-0.3, -0.25) is 4.79 Å². The molecule has 1 aliphatic rings. The van der Waals surface area contributed by atoms with Crippen molar-refractivity contribution in [2.24, 2.45) is 5.41 Å². The van der Waals surface area contributed by atoms with E-state index in [-0.39, 0.29) is 11.2 Å². The zero-order chi connectivity index (χ0) is 13.2. The number of aryl methyl sites for hydroxylation is 2. The van der Waals surface area contributed by atoms with Crippen molar-refractivity contribution in [2.45, 2.75) is 39.5 Å². The molecule has 1 aromatic rings. The number of benzene rings is 1. The van der Waals surface area contributed by atoms with Crippen molar-refractivity contribution in [3.05, 3.63) is 34.9 Å². The monoisotopic (exact) mass is 245 g/mol. The molecule has 98 valence electrons. The molecule has 0 heterocycles. The van der Waals surface area contributed by atoms with Crippen molar-refractivity contribution in [1.82, 2.24) is 5.32 Å². The first-order chi connectivity index (χ1) is 8.54. The van der Waals surface area contributed by atoms with E-state index in [0.717, 1.165) is 12.0 Å². The summed E-state index contributed by atoms with van der Waals surface area (Å²) in [4.78, 5) is 12.5. The van der Waals surface area contributed by atoms with Gasteiger partial charge in [0.05, 0.1) is 0 Å². The first-order valence-corrected chi connectivity index (χ1v) is 6.86. The van der Waals surface area contributed by atoms with Gasteiger partial charge in [0.25, 0.3) is 0 Å². The number of rotatable bonds is 4. The van der Waals surface area contributed by atoms with E-state index in [0.29, 0.717) is 6.54 Å². The van der Waals surface area contributed by atoms with E-state index in [1.54, 1.807) is 0 Å². The lowest BCUT2D eigenvalue weighted by Gasteiger charge is -2.24. The summed E-state index contributed by atoms with van der Waals surface area (Å²) in [6.45, 7) is 4.72. The van der Waals surface area contributed by atoms with Gasteiger partial charge in [-0.2, -0.15) is 0 Å². The quantitative estimate of drug-likeness (QED) is 0.826.